The lowest BCUT2D eigenvalue weighted by atomic mass is 10.1. The third kappa shape index (κ3) is 5.10. The monoisotopic (exact) mass is 397 g/mol. The van der Waals surface area contributed by atoms with Crippen molar-refractivity contribution in [3.05, 3.63) is 46.8 Å². The van der Waals surface area contributed by atoms with Crippen molar-refractivity contribution in [1.29, 1.82) is 0 Å². The average molecular weight is 397 g/mol. The molecular formula is C21H27N5O3. The van der Waals surface area contributed by atoms with Crippen LogP contribution in [0.25, 0.3) is 22.1 Å². The highest BCUT2D eigenvalue weighted by atomic mass is 16.3. The third-order valence-corrected chi connectivity index (χ3v) is 4.62. The van der Waals surface area contributed by atoms with E-state index in [-0.39, 0.29) is 11.5 Å². The van der Waals surface area contributed by atoms with E-state index >= 15 is 0 Å². The standard InChI is InChI=1S/C21H27N5O3/c1-14(27)25-16-9-15(11-24-12-16)19-13-26(2)21(28)18-10-17(29-20(18)19)5-3-4-7-23-8-6-22/h9-13,23H,3-8,22H2,1-2H3,(H,25,27). The van der Waals surface area contributed by atoms with Gasteiger partial charge < -0.3 is 25.4 Å². The average Bonchev–Trinajstić information content (AvgIpc) is 3.11. The first-order chi connectivity index (χ1) is 14.0. The SMILES string of the molecule is CC(=O)Nc1cncc(-c2cn(C)c(=O)c3cc(CCCCNCCN)oc23)c1. The van der Waals surface area contributed by atoms with Gasteiger partial charge in [-0.3, -0.25) is 14.6 Å². The Hall–Kier alpha value is -2.97. The molecule has 0 radical (unpaired) electrons. The molecule has 3 aromatic rings. The summed E-state index contributed by atoms with van der Waals surface area (Å²) in [5.74, 6) is 0.616. The van der Waals surface area contributed by atoms with E-state index in [2.05, 4.69) is 15.6 Å². The van der Waals surface area contributed by atoms with Gasteiger partial charge in [-0.2, -0.15) is 0 Å². The highest BCUT2D eigenvalue weighted by Gasteiger charge is 2.15. The third-order valence-electron chi connectivity index (χ3n) is 4.62. The van der Waals surface area contributed by atoms with Gasteiger partial charge >= 0.3 is 0 Å². The number of anilines is 1. The smallest absolute Gasteiger partial charge is 0.261 e. The van der Waals surface area contributed by atoms with Gasteiger partial charge in [0.25, 0.3) is 5.56 Å². The second-order valence-electron chi connectivity index (χ2n) is 7.05. The van der Waals surface area contributed by atoms with Crippen LogP contribution in [0.3, 0.4) is 0 Å². The van der Waals surface area contributed by atoms with Crippen molar-refractivity contribution in [2.24, 2.45) is 12.8 Å². The predicted octanol–water partition coefficient (Wildman–Crippen LogP) is 2.02. The second kappa shape index (κ2) is 9.49. The number of aromatic nitrogens is 2. The number of nitrogens with zero attached hydrogens (tertiary/aromatic N) is 2. The predicted molar refractivity (Wildman–Crippen MR) is 114 cm³/mol. The number of hydrogen-bond donors (Lipinski definition) is 3. The molecule has 0 aliphatic heterocycles. The fraction of sp³-hybridized carbons (Fsp3) is 0.381. The maximum Gasteiger partial charge on any atom is 0.261 e. The van der Waals surface area contributed by atoms with E-state index < -0.39 is 0 Å². The summed E-state index contributed by atoms with van der Waals surface area (Å²) in [4.78, 5) is 28.1. The summed E-state index contributed by atoms with van der Waals surface area (Å²) in [7, 11) is 1.71. The highest BCUT2D eigenvalue weighted by Crippen LogP contribution is 2.30. The maximum atomic E-state index is 12.6. The Bertz CT molecular complexity index is 1050. The number of pyridine rings is 2. The molecule has 0 aliphatic carbocycles. The Labute approximate surface area is 169 Å². The zero-order valence-corrected chi connectivity index (χ0v) is 16.8. The fourth-order valence-electron chi connectivity index (χ4n) is 3.27. The Morgan fingerprint density at radius 3 is 2.83 bits per heavy atom. The number of amides is 1. The van der Waals surface area contributed by atoms with Crippen molar-refractivity contribution >= 4 is 22.6 Å². The Kier molecular flexibility index (Phi) is 6.79. The number of nitrogens with two attached hydrogens (primary N) is 1. The van der Waals surface area contributed by atoms with Gasteiger partial charge in [0.15, 0.2) is 0 Å². The van der Waals surface area contributed by atoms with Crippen LogP contribution in [0.4, 0.5) is 5.69 Å². The van der Waals surface area contributed by atoms with Crippen LogP contribution in [-0.4, -0.2) is 35.1 Å². The van der Waals surface area contributed by atoms with Gasteiger partial charge in [0.05, 0.1) is 17.3 Å². The van der Waals surface area contributed by atoms with Gasteiger partial charge in [0, 0.05) is 57.0 Å². The van der Waals surface area contributed by atoms with E-state index in [0.29, 0.717) is 23.2 Å². The number of fused-ring (bicyclic) bond motifs is 1. The molecule has 8 nitrogen and oxygen atoms in total. The molecule has 154 valence electrons. The summed E-state index contributed by atoms with van der Waals surface area (Å²) in [5, 5.41) is 6.54. The number of carbonyl (C=O) groups is 1. The molecule has 0 saturated carbocycles. The molecule has 0 fully saturated rings. The number of unbranched alkanes of at least 4 members (excludes halogenated alkanes) is 1. The van der Waals surface area contributed by atoms with Gasteiger partial charge in [0.2, 0.25) is 5.91 Å². The lowest BCUT2D eigenvalue weighted by Crippen LogP contribution is -2.23. The summed E-state index contributed by atoms with van der Waals surface area (Å²) in [6, 6.07) is 3.65. The highest BCUT2D eigenvalue weighted by molar-refractivity contribution is 5.94. The number of rotatable bonds is 9. The van der Waals surface area contributed by atoms with Crippen LogP contribution in [-0.2, 0) is 18.3 Å². The summed E-state index contributed by atoms with van der Waals surface area (Å²) < 4.78 is 7.61. The molecule has 4 N–H and O–H groups in total. The second-order valence-corrected chi connectivity index (χ2v) is 7.05. The van der Waals surface area contributed by atoms with E-state index in [9.17, 15) is 9.59 Å². The molecule has 0 atom stereocenters. The van der Waals surface area contributed by atoms with Crippen LogP contribution >= 0.6 is 0 Å². The van der Waals surface area contributed by atoms with Gasteiger partial charge in [-0.05, 0) is 31.5 Å². The first-order valence-corrected chi connectivity index (χ1v) is 9.75. The zero-order valence-electron chi connectivity index (χ0n) is 16.8. The molecule has 29 heavy (non-hydrogen) atoms. The van der Waals surface area contributed by atoms with Crippen LogP contribution in [0.2, 0.25) is 0 Å². The van der Waals surface area contributed by atoms with E-state index in [1.165, 1.54) is 6.92 Å². The molecule has 3 rings (SSSR count). The molecule has 0 bridgehead atoms. The normalized spacial score (nSPS) is 11.1. The lowest BCUT2D eigenvalue weighted by molar-refractivity contribution is -0.114. The van der Waals surface area contributed by atoms with E-state index in [4.69, 9.17) is 10.2 Å². The molecule has 0 spiro atoms. The minimum absolute atomic E-state index is 0.102. The first-order valence-electron chi connectivity index (χ1n) is 9.75. The van der Waals surface area contributed by atoms with Crippen LogP contribution < -0.4 is 21.9 Å². The molecule has 0 aromatic carbocycles. The molecule has 0 aliphatic rings. The van der Waals surface area contributed by atoms with Gasteiger partial charge in [-0.15, -0.1) is 0 Å². The fourth-order valence-corrected chi connectivity index (χ4v) is 3.27. The van der Waals surface area contributed by atoms with Crippen molar-refractivity contribution in [1.82, 2.24) is 14.9 Å². The molecule has 3 heterocycles. The minimum atomic E-state index is -0.171. The quantitative estimate of drug-likeness (QED) is 0.476. The topological polar surface area (TPSA) is 115 Å². The minimum Gasteiger partial charge on any atom is -0.460 e. The van der Waals surface area contributed by atoms with Crippen molar-refractivity contribution in [2.75, 3.05) is 25.0 Å². The Balaban J connectivity index is 1.88. The summed E-state index contributed by atoms with van der Waals surface area (Å²) in [6.07, 6.45) is 7.72. The largest absolute Gasteiger partial charge is 0.460 e. The van der Waals surface area contributed by atoms with Crippen LogP contribution in [0, 0.1) is 0 Å². The van der Waals surface area contributed by atoms with Gasteiger partial charge in [0.1, 0.15) is 11.3 Å². The van der Waals surface area contributed by atoms with Crippen molar-refractivity contribution < 1.29 is 9.21 Å². The Morgan fingerprint density at radius 1 is 1.24 bits per heavy atom. The molecule has 3 aromatic heterocycles. The number of nitrogens with one attached hydrogen (secondary N) is 2. The molecule has 0 saturated heterocycles. The van der Waals surface area contributed by atoms with E-state index in [1.54, 1.807) is 30.2 Å². The summed E-state index contributed by atoms with van der Waals surface area (Å²) >= 11 is 0. The van der Waals surface area contributed by atoms with Crippen molar-refractivity contribution in [3.8, 4) is 11.1 Å². The molecule has 8 heteroatoms. The van der Waals surface area contributed by atoms with Crippen molar-refractivity contribution in [2.45, 2.75) is 26.2 Å². The number of aryl methyl sites for hydroxylation is 2. The van der Waals surface area contributed by atoms with Gasteiger partial charge in [-0.1, -0.05) is 0 Å². The zero-order chi connectivity index (χ0) is 20.8. The van der Waals surface area contributed by atoms with Crippen molar-refractivity contribution in [3.63, 3.8) is 0 Å². The van der Waals surface area contributed by atoms with Crippen LogP contribution in [0.5, 0.6) is 0 Å². The Morgan fingerprint density at radius 2 is 2.07 bits per heavy atom. The van der Waals surface area contributed by atoms with E-state index in [0.717, 1.165) is 49.2 Å². The number of hydrogen-bond acceptors (Lipinski definition) is 6. The van der Waals surface area contributed by atoms with Gasteiger partial charge in [-0.25, -0.2) is 0 Å². The molecular weight excluding hydrogens is 370 g/mol. The lowest BCUT2D eigenvalue weighted by Gasteiger charge is -2.08. The molecule has 1 amide bonds. The maximum absolute atomic E-state index is 12.6. The summed E-state index contributed by atoms with van der Waals surface area (Å²) in [6.45, 7) is 3.80. The number of furan rings is 1. The van der Waals surface area contributed by atoms with E-state index in [1.807, 2.05) is 12.1 Å². The van der Waals surface area contributed by atoms with Crippen LogP contribution in [0.1, 0.15) is 25.5 Å². The number of carbonyl (C=O) groups excluding carboxylic acids is 1. The summed E-state index contributed by atoms with van der Waals surface area (Å²) in [5.41, 5.74) is 8.03. The van der Waals surface area contributed by atoms with Crippen LogP contribution in [0.15, 0.2) is 39.9 Å². The first kappa shape index (κ1) is 20.8. The molecule has 0 unspecified atom stereocenters.